The average molecular weight is 210 g/mol. The van der Waals surface area contributed by atoms with Gasteiger partial charge in [0.1, 0.15) is 5.82 Å². The van der Waals surface area contributed by atoms with Crippen molar-refractivity contribution in [2.75, 3.05) is 35.2 Å². The number of anilines is 2. The van der Waals surface area contributed by atoms with Gasteiger partial charge in [-0.25, -0.2) is 4.98 Å². The molecule has 0 aromatic carbocycles. The first kappa shape index (κ1) is 9.58. The molecular weight excluding hydrogens is 196 g/mol. The van der Waals surface area contributed by atoms with Gasteiger partial charge in [0.05, 0.1) is 0 Å². The van der Waals surface area contributed by atoms with E-state index in [1.165, 1.54) is 0 Å². The predicted octanol–water partition coefficient (Wildman–Crippen LogP) is 0.920. The molecular formula is C9H14N4S. The SMILES string of the molecule is Cc1cc(N)nc(N2CCSCC2)n1. The van der Waals surface area contributed by atoms with Crippen molar-refractivity contribution < 1.29 is 0 Å². The second-order valence-electron chi connectivity index (χ2n) is 3.33. The lowest BCUT2D eigenvalue weighted by Crippen LogP contribution is -2.34. The molecule has 0 amide bonds. The van der Waals surface area contributed by atoms with Crippen molar-refractivity contribution in [3.8, 4) is 0 Å². The number of nitrogens with zero attached hydrogens (tertiary/aromatic N) is 3. The van der Waals surface area contributed by atoms with E-state index in [1.54, 1.807) is 6.07 Å². The van der Waals surface area contributed by atoms with Crippen LogP contribution in [0.15, 0.2) is 6.07 Å². The molecule has 2 N–H and O–H groups in total. The van der Waals surface area contributed by atoms with Crippen molar-refractivity contribution >= 4 is 23.5 Å². The van der Waals surface area contributed by atoms with E-state index in [0.717, 1.165) is 36.2 Å². The molecule has 5 heteroatoms. The molecule has 0 bridgehead atoms. The van der Waals surface area contributed by atoms with Crippen LogP contribution in [-0.2, 0) is 0 Å². The van der Waals surface area contributed by atoms with Crippen molar-refractivity contribution in [1.82, 2.24) is 9.97 Å². The zero-order valence-corrected chi connectivity index (χ0v) is 9.05. The fourth-order valence-corrected chi connectivity index (χ4v) is 2.38. The summed E-state index contributed by atoms with van der Waals surface area (Å²) in [6.45, 7) is 3.99. The van der Waals surface area contributed by atoms with Gasteiger partial charge in [-0.3, -0.25) is 0 Å². The Hall–Kier alpha value is -0.970. The van der Waals surface area contributed by atoms with Gasteiger partial charge < -0.3 is 10.6 Å². The Morgan fingerprint density at radius 1 is 1.36 bits per heavy atom. The Morgan fingerprint density at radius 3 is 2.71 bits per heavy atom. The van der Waals surface area contributed by atoms with E-state index in [1.807, 2.05) is 18.7 Å². The first-order valence-electron chi connectivity index (χ1n) is 4.69. The maximum Gasteiger partial charge on any atom is 0.227 e. The lowest BCUT2D eigenvalue weighted by molar-refractivity contribution is 0.812. The molecule has 0 radical (unpaired) electrons. The van der Waals surface area contributed by atoms with Gasteiger partial charge in [0.25, 0.3) is 0 Å². The maximum absolute atomic E-state index is 5.68. The van der Waals surface area contributed by atoms with Crippen LogP contribution in [0.2, 0.25) is 0 Å². The minimum Gasteiger partial charge on any atom is -0.384 e. The van der Waals surface area contributed by atoms with Crippen LogP contribution in [0.1, 0.15) is 5.69 Å². The molecule has 1 fully saturated rings. The van der Waals surface area contributed by atoms with Crippen LogP contribution in [0.4, 0.5) is 11.8 Å². The lowest BCUT2D eigenvalue weighted by atomic mass is 10.4. The fourth-order valence-electron chi connectivity index (χ4n) is 1.48. The third-order valence-corrected chi connectivity index (χ3v) is 3.10. The Bertz CT molecular complexity index is 302. The molecule has 0 atom stereocenters. The molecule has 2 heterocycles. The highest BCUT2D eigenvalue weighted by Crippen LogP contribution is 2.16. The third kappa shape index (κ3) is 2.09. The van der Waals surface area contributed by atoms with Gasteiger partial charge in [0.2, 0.25) is 5.95 Å². The largest absolute Gasteiger partial charge is 0.384 e. The fraction of sp³-hybridized carbons (Fsp3) is 0.556. The molecule has 1 aliphatic heterocycles. The van der Waals surface area contributed by atoms with E-state index in [4.69, 9.17) is 5.73 Å². The smallest absolute Gasteiger partial charge is 0.227 e. The Balaban J connectivity index is 2.21. The molecule has 14 heavy (non-hydrogen) atoms. The van der Waals surface area contributed by atoms with Crippen LogP contribution in [0.25, 0.3) is 0 Å². The normalized spacial score (nSPS) is 17.1. The number of aryl methyl sites for hydroxylation is 1. The van der Waals surface area contributed by atoms with E-state index in [2.05, 4.69) is 14.9 Å². The summed E-state index contributed by atoms with van der Waals surface area (Å²) in [5.74, 6) is 3.64. The van der Waals surface area contributed by atoms with Crippen LogP contribution in [-0.4, -0.2) is 34.6 Å². The molecule has 4 nitrogen and oxygen atoms in total. The monoisotopic (exact) mass is 210 g/mol. The molecule has 1 aromatic rings. The van der Waals surface area contributed by atoms with Gasteiger partial charge in [-0.05, 0) is 6.92 Å². The van der Waals surface area contributed by atoms with Crippen LogP contribution < -0.4 is 10.6 Å². The van der Waals surface area contributed by atoms with Gasteiger partial charge in [0.15, 0.2) is 0 Å². The predicted molar refractivity (Wildman–Crippen MR) is 60.7 cm³/mol. The maximum atomic E-state index is 5.68. The molecule has 1 aromatic heterocycles. The van der Waals surface area contributed by atoms with Crippen LogP contribution in [0, 0.1) is 6.92 Å². The number of hydrogen-bond acceptors (Lipinski definition) is 5. The Labute approximate surface area is 87.9 Å². The van der Waals surface area contributed by atoms with E-state index in [-0.39, 0.29) is 0 Å². The standard InChI is InChI=1S/C9H14N4S/c1-7-6-8(10)12-9(11-7)13-2-4-14-5-3-13/h6H,2-5H2,1H3,(H2,10,11,12). The summed E-state index contributed by atoms with van der Waals surface area (Å²) in [4.78, 5) is 10.8. The third-order valence-electron chi connectivity index (χ3n) is 2.16. The number of hydrogen-bond donors (Lipinski definition) is 1. The minimum absolute atomic E-state index is 0.561. The summed E-state index contributed by atoms with van der Waals surface area (Å²) in [7, 11) is 0. The number of rotatable bonds is 1. The Morgan fingerprint density at radius 2 is 2.07 bits per heavy atom. The molecule has 1 aliphatic rings. The first-order chi connectivity index (χ1) is 6.75. The molecule has 2 rings (SSSR count). The average Bonchev–Trinajstić information content (AvgIpc) is 2.18. The minimum atomic E-state index is 0.561. The lowest BCUT2D eigenvalue weighted by Gasteiger charge is -2.26. The zero-order chi connectivity index (χ0) is 9.97. The van der Waals surface area contributed by atoms with Crippen LogP contribution in [0.3, 0.4) is 0 Å². The Kier molecular flexibility index (Phi) is 2.77. The number of aromatic nitrogens is 2. The van der Waals surface area contributed by atoms with Gasteiger partial charge in [-0.1, -0.05) is 0 Å². The van der Waals surface area contributed by atoms with Crippen LogP contribution in [0.5, 0.6) is 0 Å². The summed E-state index contributed by atoms with van der Waals surface area (Å²) in [5.41, 5.74) is 6.62. The van der Waals surface area contributed by atoms with E-state index in [0.29, 0.717) is 5.82 Å². The van der Waals surface area contributed by atoms with Gasteiger partial charge >= 0.3 is 0 Å². The van der Waals surface area contributed by atoms with Crippen molar-refractivity contribution in [1.29, 1.82) is 0 Å². The van der Waals surface area contributed by atoms with E-state index < -0.39 is 0 Å². The summed E-state index contributed by atoms with van der Waals surface area (Å²) >= 11 is 1.97. The molecule has 0 unspecified atom stereocenters. The van der Waals surface area contributed by atoms with Gasteiger partial charge in [-0.2, -0.15) is 16.7 Å². The van der Waals surface area contributed by atoms with E-state index in [9.17, 15) is 0 Å². The summed E-state index contributed by atoms with van der Waals surface area (Å²) in [6.07, 6.45) is 0. The van der Waals surface area contributed by atoms with Gasteiger partial charge in [0, 0.05) is 36.4 Å². The number of nitrogen functional groups attached to an aromatic ring is 1. The molecule has 0 aliphatic carbocycles. The summed E-state index contributed by atoms with van der Waals surface area (Å²) < 4.78 is 0. The number of nitrogens with two attached hydrogens (primary N) is 1. The highest BCUT2D eigenvalue weighted by molar-refractivity contribution is 7.99. The highest BCUT2D eigenvalue weighted by atomic mass is 32.2. The first-order valence-corrected chi connectivity index (χ1v) is 5.85. The highest BCUT2D eigenvalue weighted by Gasteiger charge is 2.13. The second kappa shape index (κ2) is 4.04. The van der Waals surface area contributed by atoms with Crippen molar-refractivity contribution in [3.05, 3.63) is 11.8 Å². The summed E-state index contributed by atoms with van der Waals surface area (Å²) in [5, 5.41) is 0. The zero-order valence-electron chi connectivity index (χ0n) is 8.23. The second-order valence-corrected chi connectivity index (χ2v) is 4.56. The molecule has 1 saturated heterocycles. The quantitative estimate of drug-likeness (QED) is 0.747. The topological polar surface area (TPSA) is 55.0 Å². The molecule has 0 saturated carbocycles. The summed E-state index contributed by atoms with van der Waals surface area (Å²) in [6, 6.07) is 1.79. The van der Waals surface area contributed by atoms with Crippen molar-refractivity contribution in [2.24, 2.45) is 0 Å². The van der Waals surface area contributed by atoms with E-state index >= 15 is 0 Å². The van der Waals surface area contributed by atoms with Gasteiger partial charge in [-0.15, -0.1) is 0 Å². The molecule has 0 spiro atoms. The van der Waals surface area contributed by atoms with Crippen LogP contribution >= 0.6 is 11.8 Å². The molecule has 76 valence electrons. The van der Waals surface area contributed by atoms with Crippen molar-refractivity contribution in [3.63, 3.8) is 0 Å². The number of thioether (sulfide) groups is 1. The van der Waals surface area contributed by atoms with Crippen molar-refractivity contribution in [2.45, 2.75) is 6.92 Å².